The van der Waals surface area contributed by atoms with Crippen LogP contribution in [0, 0.1) is 0 Å². The Morgan fingerprint density at radius 3 is 2.67 bits per heavy atom. The summed E-state index contributed by atoms with van der Waals surface area (Å²) < 4.78 is 10.8. The molecule has 0 unspecified atom stereocenters. The molecular formula is C12H19NO2. The Morgan fingerprint density at radius 1 is 1.47 bits per heavy atom. The van der Waals surface area contributed by atoms with Gasteiger partial charge in [0.05, 0.1) is 0 Å². The second kappa shape index (κ2) is 3.35. The molecule has 0 amide bonds. The number of ether oxygens (including phenoxy) is 1. The van der Waals surface area contributed by atoms with Crippen LogP contribution >= 0.6 is 0 Å². The third-order valence-corrected chi connectivity index (χ3v) is 3.60. The average Bonchev–Trinajstić information content (AvgIpc) is 2.78. The number of methoxy groups -OCH3 is 1. The number of hydrogen-bond acceptors (Lipinski definition) is 3. The molecule has 0 aliphatic heterocycles. The molecule has 1 aliphatic carbocycles. The Hall–Kier alpha value is -0.800. The standard InChI is InChI=1S/C12H19NO2/c1-11(2,12(13)6-7-12)10-5-4-9(15-10)8-14-3/h4-5H,6-8,13H2,1-3H3. The minimum atomic E-state index is -0.0843. The van der Waals surface area contributed by atoms with Gasteiger partial charge in [0.15, 0.2) is 0 Å². The van der Waals surface area contributed by atoms with Crippen LogP contribution in [0.1, 0.15) is 38.2 Å². The van der Waals surface area contributed by atoms with E-state index in [2.05, 4.69) is 13.8 Å². The van der Waals surface area contributed by atoms with Gasteiger partial charge in [0.25, 0.3) is 0 Å². The van der Waals surface area contributed by atoms with Crippen molar-refractivity contribution in [1.82, 2.24) is 0 Å². The van der Waals surface area contributed by atoms with Crippen molar-refractivity contribution < 1.29 is 9.15 Å². The Morgan fingerprint density at radius 2 is 2.13 bits per heavy atom. The van der Waals surface area contributed by atoms with Crippen LogP contribution in [0.4, 0.5) is 0 Å². The van der Waals surface area contributed by atoms with Gasteiger partial charge < -0.3 is 14.9 Å². The van der Waals surface area contributed by atoms with E-state index in [1.807, 2.05) is 12.1 Å². The summed E-state index contributed by atoms with van der Waals surface area (Å²) in [4.78, 5) is 0. The summed E-state index contributed by atoms with van der Waals surface area (Å²) in [6.07, 6.45) is 2.17. The molecule has 0 atom stereocenters. The maximum absolute atomic E-state index is 6.25. The first kappa shape index (κ1) is 10.7. The molecule has 1 aliphatic rings. The molecule has 2 N–H and O–H groups in total. The van der Waals surface area contributed by atoms with Crippen LogP contribution in [0.5, 0.6) is 0 Å². The van der Waals surface area contributed by atoms with E-state index in [1.165, 1.54) is 0 Å². The molecule has 0 saturated heterocycles. The average molecular weight is 209 g/mol. The molecule has 1 fully saturated rings. The molecule has 1 saturated carbocycles. The topological polar surface area (TPSA) is 48.4 Å². The molecule has 15 heavy (non-hydrogen) atoms. The lowest BCUT2D eigenvalue weighted by Gasteiger charge is -2.29. The molecule has 3 heteroatoms. The number of furan rings is 1. The summed E-state index contributed by atoms with van der Waals surface area (Å²) in [5, 5.41) is 0. The van der Waals surface area contributed by atoms with E-state index in [9.17, 15) is 0 Å². The minimum absolute atomic E-state index is 0.0742. The summed E-state index contributed by atoms with van der Waals surface area (Å²) in [5.74, 6) is 1.83. The second-order valence-electron chi connectivity index (χ2n) is 4.98. The Balaban J connectivity index is 2.21. The highest BCUT2D eigenvalue weighted by Gasteiger charge is 2.53. The zero-order chi connectivity index (χ0) is 11.1. The van der Waals surface area contributed by atoms with Gasteiger partial charge in [-0.25, -0.2) is 0 Å². The molecule has 1 heterocycles. The fourth-order valence-electron chi connectivity index (χ4n) is 1.94. The first-order valence-electron chi connectivity index (χ1n) is 5.37. The number of rotatable bonds is 4. The largest absolute Gasteiger partial charge is 0.463 e. The lowest BCUT2D eigenvalue weighted by molar-refractivity contribution is 0.158. The van der Waals surface area contributed by atoms with Crippen molar-refractivity contribution in [3.8, 4) is 0 Å². The Bertz CT molecular complexity index is 350. The van der Waals surface area contributed by atoms with Gasteiger partial charge in [-0.05, 0) is 25.0 Å². The first-order valence-corrected chi connectivity index (χ1v) is 5.37. The fourth-order valence-corrected chi connectivity index (χ4v) is 1.94. The van der Waals surface area contributed by atoms with Gasteiger partial charge in [-0.3, -0.25) is 0 Å². The monoisotopic (exact) mass is 209 g/mol. The maximum Gasteiger partial charge on any atom is 0.129 e. The van der Waals surface area contributed by atoms with Crippen molar-refractivity contribution in [3.05, 3.63) is 23.7 Å². The SMILES string of the molecule is COCc1ccc(C(C)(C)C2(N)CC2)o1. The molecule has 1 aromatic rings. The summed E-state index contributed by atoms with van der Waals surface area (Å²) >= 11 is 0. The van der Waals surface area contributed by atoms with Crippen LogP contribution in [-0.4, -0.2) is 12.6 Å². The second-order valence-corrected chi connectivity index (χ2v) is 4.98. The van der Waals surface area contributed by atoms with Gasteiger partial charge in [-0.15, -0.1) is 0 Å². The van der Waals surface area contributed by atoms with Gasteiger partial charge in [-0.2, -0.15) is 0 Å². The van der Waals surface area contributed by atoms with E-state index >= 15 is 0 Å². The quantitative estimate of drug-likeness (QED) is 0.827. The minimum Gasteiger partial charge on any atom is -0.463 e. The molecule has 0 spiro atoms. The van der Waals surface area contributed by atoms with E-state index in [4.69, 9.17) is 14.9 Å². The van der Waals surface area contributed by atoms with Crippen LogP contribution in [0.3, 0.4) is 0 Å². The summed E-state index contributed by atoms with van der Waals surface area (Å²) in [7, 11) is 1.67. The molecule has 0 aromatic carbocycles. The highest BCUT2D eigenvalue weighted by molar-refractivity contribution is 5.26. The smallest absolute Gasteiger partial charge is 0.129 e. The summed E-state index contributed by atoms with van der Waals surface area (Å²) in [5.41, 5.74) is 6.09. The molecule has 0 bridgehead atoms. The van der Waals surface area contributed by atoms with Gasteiger partial charge in [0.2, 0.25) is 0 Å². The van der Waals surface area contributed by atoms with Crippen molar-refractivity contribution >= 4 is 0 Å². The van der Waals surface area contributed by atoms with E-state index in [0.29, 0.717) is 6.61 Å². The molecule has 1 aromatic heterocycles. The normalized spacial score (nSPS) is 19.2. The lowest BCUT2D eigenvalue weighted by atomic mass is 9.80. The zero-order valence-corrected chi connectivity index (χ0v) is 9.67. The zero-order valence-electron chi connectivity index (χ0n) is 9.67. The highest BCUT2D eigenvalue weighted by atomic mass is 16.5. The lowest BCUT2D eigenvalue weighted by Crippen LogP contribution is -2.43. The van der Waals surface area contributed by atoms with Crippen LogP contribution in [0.2, 0.25) is 0 Å². The van der Waals surface area contributed by atoms with Gasteiger partial charge in [0, 0.05) is 18.1 Å². The van der Waals surface area contributed by atoms with E-state index in [0.717, 1.165) is 24.4 Å². The van der Waals surface area contributed by atoms with Crippen molar-refractivity contribution in [2.24, 2.45) is 5.73 Å². The highest BCUT2D eigenvalue weighted by Crippen LogP contribution is 2.49. The predicted octanol–water partition coefficient (Wildman–Crippen LogP) is 2.19. The van der Waals surface area contributed by atoms with Crippen molar-refractivity contribution in [2.45, 2.75) is 44.2 Å². The number of nitrogens with two attached hydrogens (primary N) is 1. The van der Waals surface area contributed by atoms with Crippen molar-refractivity contribution in [3.63, 3.8) is 0 Å². The van der Waals surface area contributed by atoms with Crippen molar-refractivity contribution in [2.75, 3.05) is 7.11 Å². The van der Waals surface area contributed by atoms with Crippen LogP contribution < -0.4 is 5.73 Å². The van der Waals surface area contributed by atoms with E-state index in [1.54, 1.807) is 7.11 Å². The molecule has 3 nitrogen and oxygen atoms in total. The molecule has 0 radical (unpaired) electrons. The Kier molecular flexibility index (Phi) is 2.40. The molecular weight excluding hydrogens is 190 g/mol. The van der Waals surface area contributed by atoms with E-state index in [-0.39, 0.29) is 11.0 Å². The van der Waals surface area contributed by atoms with Gasteiger partial charge >= 0.3 is 0 Å². The maximum atomic E-state index is 6.25. The summed E-state index contributed by atoms with van der Waals surface area (Å²) in [6.45, 7) is 4.82. The third kappa shape index (κ3) is 1.70. The van der Waals surface area contributed by atoms with Crippen LogP contribution in [0.15, 0.2) is 16.5 Å². The first-order chi connectivity index (χ1) is 6.99. The van der Waals surface area contributed by atoms with E-state index < -0.39 is 0 Å². The Labute approximate surface area is 90.6 Å². The van der Waals surface area contributed by atoms with Crippen molar-refractivity contribution in [1.29, 1.82) is 0 Å². The fraction of sp³-hybridized carbons (Fsp3) is 0.667. The summed E-state index contributed by atoms with van der Waals surface area (Å²) in [6, 6.07) is 3.98. The predicted molar refractivity (Wildman–Crippen MR) is 58.6 cm³/mol. The van der Waals surface area contributed by atoms with Crippen LogP contribution in [0.25, 0.3) is 0 Å². The molecule has 84 valence electrons. The van der Waals surface area contributed by atoms with Crippen LogP contribution in [-0.2, 0) is 16.8 Å². The third-order valence-electron chi connectivity index (χ3n) is 3.60. The molecule has 2 rings (SSSR count). The number of hydrogen-bond donors (Lipinski definition) is 1. The van der Waals surface area contributed by atoms with Gasteiger partial charge in [0.1, 0.15) is 18.1 Å². The van der Waals surface area contributed by atoms with Gasteiger partial charge in [-0.1, -0.05) is 13.8 Å².